The average Bonchev–Trinajstić information content (AvgIpc) is 2.70. The minimum atomic E-state index is -0.177. The minimum absolute atomic E-state index is 0.177. The third kappa shape index (κ3) is 3.80. The normalized spacial score (nSPS) is 10.2. The number of carbonyl (C=O) groups excluding carboxylic acids is 1. The molecule has 0 saturated carbocycles. The third-order valence-corrected chi connectivity index (χ3v) is 3.86. The van der Waals surface area contributed by atoms with E-state index in [0.717, 1.165) is 11.4 Å². The maximum absolute atomic E-state index is 12.9. The molecule has 1 heterocycles. The van der Waals surface area contributed by atoms with Crippen LogP contribution in [-0.4, -0.2) is 29.5 Å². The van der Waals surface area contributed by atoms with Crippen LogP contribution in [0.15, 0.2) is 66.9 Å². The van der Waals surface area contributed by atoms with E-state index in [1.54, 1.807) is 24.3 Å². The molecule has 0 radical (unpaired) electrons. The summed E-state index contributed by atoms with van der Waals surface area (Å²) in [6, 6.07) is 18.6. The summed E-state index contributed by atoms with van der Waals surface area (Å²) in [7, 11) is 1.60. The highest BCUT2D eigenvalue weighted by Crippen LogP contribution is 2.25. The van der Waals surface area contributed by atoms with Crippen LogP contribution in [0, 0.1) is 0 Å². The van der Waals surface area contributed by atoms with Crippen molar-refractivity contribution < 1.29 is 9.53 Å². The van der Waals surface area contributed by atoms with Gasteiger partial charge < -0.3 is 15.0 Å². The number of nitrogens with zero attached hydrogens (tertiary/aromatic N) is 3. The Morgan fingerprint density at radius 2 is 1.81 bits per heavy atom. The van der Waals surface area contributed by atoms with Crippen LogP contribution in [0.4, 0.5) is 17.3 Å². The van der Waals surface area contributed by atoms with Crippen LogP contribution in [0.5, 0.6) is 5.75 Å². The number of hydrogen-bond acceptors (Lipinski definition) is 5. The number of carbonyl (C=O) groups is 1. The molecule has 1 amide bonds. The molecule has 1 aromatic heterocycles. The summed E-state index contributed by atoms with van der Waals surface area (Å²) < 4.78 is 5.32. The number of nitrogens with one attached hydrogen (secondary N) is 1. The van der Waals surface area contributed by atoms with Gasteiger partial charge in [0.1, 0.15) is 11.4 Å². The fourth-order valence-corrected chi connectivity index (χ4v) is 2.60. The number of anilines is 3. The summed E-state index contributed by atoms with van der Waals surface area (Å²) in [5.41, 5.74) is 1.89. The van der Waals surface area contributed by atoms with Crippen molar-refractivity contribution >= 4 is 23.2 Å². The lowest BCUT2D eigenvalue weighted by Gasteiger charge is -2.20. The van der Waals surface area contributed by atoms with E-state index in [1.807, 2.05) is 61.5 Å². The first-order valence-corrected chi connectivity index (χ1v) is 8.33. The highest BCUT2D eigenvalue weighted by molar-refractivity contribution is 6.04. The number of ether oxygens (including phenoxy) is 1. The molecule has 0 aliphatic rings. The smallest absolute Gasteiger partial charge is 0.277 e. The van der Waals surface area contributed by atoms with Gasteiger partial charge >= 0.3 is 0 Å². The maximum Gasteiger partial charge on any atom is 0.277 e. The molecule has 6 heteroatoms. The molecule has 3 rings (SSSR count). The van der Waals surface area contributed by atoms with Crippen molar-refractivity contribution in [3.8, 4) is 5.75 Å². The molecule has 0 saturated heterocycles. The fraction of sp³-hybridized carbons (Fsp3) is 0.150. The van der Waals surface area contributed by atoms with Gasteiger partial charge in [0.2, 0.25) is 5.95 Å². The second-order valence-corrected chi connectivity index (χ2v) is 5.48. The number of para-hydroxylation sites is 3. The molecule has 0 bridgehead atoms. The Kier molecular flexibility index (Phi) is 5.43. The first-order valence-electron chi connectivity index (χ1n) is 8.33. The van der Waals surface area contributed by atoms with Crippen molar-refractivity contribution in [2.75, 3.05) is 23.9 Å². The maximum atomic E-state index is 12.9. The second kappa shape index (κ2) is 8.11. The van der Waals surface area contributed by atoms with E-state index in [1.165, 1.54) is 0 Å². The lowest BCUT2D eigenvalue weighted by Crippen LogP contribution is -2.31. The predicted octanol–water partition coefficient (Wildman–Crippen LogP) is 3.90. The van der Waals surface area contributed by atoms with Gasteiger partial charge in [-0.3, -0.25) is 4.79 Å². The minimum Gasteiger partial charge on any atom is -0.495 e. The van der Waals surface area contributed by atoms with Gasteiger partial charge in [0, 0.05) is 18.4 Å². The molecule has 132 valence electrons. The number of rotatable bonds is 6. The van der Waals surface area contributed by atoms with Crippen LogP contribution in [0.1, 0.15) is 17.4 Å². The highest BCUT2D eigenvalue weighted by atomic mass is 16.5. The van der Waals surface area contributed by atoms with Crippen molar-refractivity contribution in [1.82, 2.24) is 9.97 Å². The Morgan fingerprint density at radius 3 is 2.54 bits per heavy atom. The molecular formula is C20H20N4O2. The molecule has 0 atom stereocenters. The summed E-state index contributed by atoms with van der Waals surface area (Å²) >= 11 is 0. The van der Waals surface area contributed by atoms with Gasteiger partial charge in [-0.15, -0.1) is 0 Å². The first-order chi connectivity index (χ1) is 12.7. The Labute approximate surface area is 152 Å². The molecular weight excluding hydrogens is 328 g/mol. The van der Waals surface area contributed by atoms with Gasteiger partial charge in [-0.05, 0) is 37.3 Å². The number of aromatic nitrogens is 2. The standard InChI is InChI=1S/C20H20N4O2/c1-3-24(15-9-5-4-6-10-15)19(25)17-13-14-21-20(23-17)22-16-11-7-8-12-18(16)26-2/h4-14H,3H2,1-2H3,(H,21,22,23). The van der Waals surface area contributed by atoms with Crippen LogP contribution in [-0.2, 0) is 0 Å². The SMILES string of the molecule is CCN(C(=O)c1ccnc(Nc2ccccc2OC)n1)c1ccccc1. The molecule has 0 unspecified atom stereocenters. The zero-order chi connectivity index (χ0) is 18.4. The van der Waals surface area contributed by atoms with E-state index in [-0.39, 0.29) is 5.91 Å². The van der Waals surface area contributed by atoms with E-state index >= 15 is 0 Å². The van der Waals surface area contributed by atoms with Gasteiger partial charge in [0.15, 0.2) is 0 Å². The molecule has 0 aliphatic heterocycles. The third-order valence-electron chi connectivity index (χ3n) is 3.86. The molecule has 0 spiro atoms. The van der Waals surface area contributed by atoms with E-state index in [0.29, 0.717) is 23.9 Å². The summed E-state index contributed by atoms with van der Waals surface area (Å²) in [6.07, 6.45) is 1.57. The Hall–Kier alpha value is -3.41. The van der Waals surface area contributed by atoms with Crippen LogP contribution >= 0.6 is 0 Å². The largest absolute Gasteiger partial charge is 0.495 e. The van der Waals surface area contributed by atoms with Crippen LogP contribution in [0.25, 0.3) is 0 Å². The Bertz CT molecular complexity index is 884. The topological polar surface area (TPSA) is 67.4 Å². The van der Waals surface area contributed by atoms with Gasteiger partial charge in [-0.25, -0.2) is 9.97 Å². The van der Waals surface area contributed by atoms with E-state index < -0.39 is 0 Å². The molecule has 26 heavy (non-hydrogen) atoms. The Balaban J connectivity index is 1.85. The predicted molar refractivity (Wildman–Crippen MR) is 102 cm³/mol. The number of benzene rings is 2. The summed E-state index contributed by atoms with van der Waals surface area (Å²) in [6.45, 7) is 2.47. The van der Waals surface area contributed by atoms with Crippen molar-refractivity contribution in [2.24, 2.45) is 0 Å². The van der Waals surface area contributed by atoms with E-state index in [2.05, 4.69) is 15.3 Å². The highest BCUT2D eigenvalue weighted by Gasteiger charge is 2.18. The van der Waals surface area contributed by atoms with Crippen molar-refractivity contribution in [3.63, 3.8) is 0 Å². The quantitative estimate of drug-likeness (QED) is 0.732. The second-order valence-electron chi connectivity index (χ2n) is 5.48. The number of methoxy groups -OCH3 is 1. The van der Waals surface area contributed by atoms with Gasteiger partial charge in [-0.2, -0.15) is 0 Å². The zero-order valence-corrected chi connectivity index (χ0v) is 14.7. The summed E-state index contributed by atoms with van der Waals surface area (Å²) in [4.78, 5) is 23.1. The Morgan fingerprint density at radius 1 is 1.08 bits per heavy atom. The zero-order valence-electron chi connectivity index (χ0n) is 14.7. The molecule has 6 nitrogen and oxygen atoms in total. The van der Waals surface area contributed by atoms with Crippen LogP contribution < -0.4 is 15.0 Å². The van der Waals surface area contributed by atoms with Crippen molar-refractivity contribution in [3.05, 3.63) is 72.6 Å². The number of amides is 1. The van der Waals surface area contributed by atoms with Gasteiger partial charge in [0.25, 0.3) is 5.91 Å². The van der Waals surface area contributed by atoms with E-state index in [4.69, 9.17) is 4.74 Å². The molecule has 3 aromatic rings. The number of hydrogen-bond donors (Lipinski definition) is 1. The molecule has 1 N–H and O–H groups in total. The average molecular weight is 348 g/mol. The summed E-state index contributed by atoms with van der Waals surface area (Å²) in [5.74, 6) is 0.834. The lowest BCUT2D eigenvalue weighted by molar-refractivity contribution is 0.0983. The van der Waals surface area contributed by atoms with Crippen molar-refractivity contribution in [1.29, 1.82) is 0 Å². The first kappa shape index (κ1) is 17.4. The van der Waals surface area contributed by atoms with E-state index in [9.17, 15) is 4.79 Å². The molecule has 0 aliphatic carbocycles. The molecule has 2 aromatic carbocycles. The van der Waals surface area contributed by atoms with Gasteiger partial charge in [-0.1, -0.05) is 30.3 Å². The lowest BCUT2D eigenvalue weighted by atomic mass is 10.2. The van der Waals surface area contributed by atoms with Gasteiger partial charge in [0.05, 0.1) is 12.8 Å². The van der Waals surface area contributed by atoms with Crippen LogP contribution in [0.2, 0.25) is 0 Å². The molecule has 0 fully saturated rings. The van der Waals surface area contributed by atoms with Crippen molar-refractivity contribution in [2.45, 2.75) is 6.92 Å². The monoisotopic (exact) mass is 348 g/mol. The summed E-state index contributed by atoms with van der Waals surface area (Å²) in [5, 5.41) is 3.10. The van der Waals surface area contributed by atoms with Crippen LogP contribution in [0.3, 0.4) is 0 Å². The fourth-order valence-electron chi connectivity index (χ4n) is 2.60.